The number of para-hydroxylation sites is 1. The molecule has 2 aromatic carbocycles. The minimum absolute atomic E-state index is 0.821. The van der Waals surface area contributed by atoms with E-state index in [-0.39, 0.29) is 0 Å². The van der Waals surface area contributed by atoms with E-state index in [9.17, 15) is 0 Å². The minimum Gasteiger partial charge on any atom is -0.361 e. The molecule has 4 nitrogen and oxygen atoms in total. The number of hydrogen-bond donors (Lipinski definition) is 1. The van der Waals surface area contributed by atoms with E-state index in [4.69, 9.17) is 4.98 Å². The second-order valence-corrected chi connectivity index (χ2v) is 7.35. The van der Waals surface area contributed by atoms with Crippen molar-refractivity contribution in [2.24, 2.45) is 0 Å². The molecule has 1 N–H and O–H groups in total. The highest BCUT2D eigenvalue weighted by Gasteiger charge is 2.19. The van der Waals surface area contributed by atoms with Gasteiger partial charge in [0.2, 0.25) is 0 Å². The molecule has 0 bridgehead atoms. The molecule has 3 heterocycles. The number of aromatic nitrogens is 3. The Morgan fingerprint density at radius 1 is 1.07 bits per heavy atom. The summed E-state index contributed by atoms with van der Waals surface area (Å²) in [4.78, 5) is 15.4. The SMILES string of the molecule is Cc1ccc(-c2ncc3c(n2)CN(Cc2cccc4cc[nH]c24)CC3)cc1. The van der Waals surface area contributed by atoms with Crippen LogP contribution in [0, 0.1) is 6.92 Å². The zero-order valence-electron chi connectivity index (χ0n) is 15.4. The smallest absolute Gasteiger partial charge is 0.159 e. The lowest BCUT2D eigenvalue weighted by molar-refractivity contribution is 0.242. The molecule has 0 radical (unpaired) electrons. The van der Waals surface area contributed by atoms with E-state index in [1.165, 1.54) is 27.6 Å². The first-order chi connectivity index (χ1) is 13.3. The third kappa shape index (κ3) is 3.13. The summed E-state index contributed by atoms with van der Waals surface area (Å²) in [5.74, 6) is 0.821. The molecule has 0 spiro atoms. The van der Waals surface area contributed by atoms with Crippen LogP contribution in [-0.2, 0) is 19.5 Å². The van der Waals surface area contributed by atoms with E-state index >= 15 is 0 Å². The third-order valence-electron chi connectivity index (χ3n) is 5.40. The Morgan fingerprint density at radius 3 is 2.85 bits per heavy atom. The molecule has 1 aliphatic rings. The van der Waals surface area contributed by atoms with Crippen molar-refractivity contribution in [1.82, 2.24) is 19.9 Å². The van der Waals surface area contributed by atoms with Crippen molar-refractivity contribution in [3.05, 3.63) is 83.3 Å². The fourth-order valence-electron chi connectivity index (χ4n) is 3.86. The quantitative estimate of drug-likeness (QED) is 0.589. The molecule has 0 aliphatic carbocycles. The molecule has 1 aliphatic heterocycles. The topological polar surface area (TPSA) is 44.8 Å². The average Bonchev–Trinajstić information content (AvgIpc) is 3.18. The van der Waals surface area contributed by atoms with Crippen molar-refractivity contribution in [3.63, 3.8) is 0 Å². The fourth-order valence-corrected chi connectivity index (χ4v) is 3.86. The van der Waals surface area contributed by atoms with Gasteiger partial charge in [-0.05, 0) is 35.9 Å². The summed E-state index contributed by atoms with van der Waals surface area (Å²) in [6.45, 7) is 4.94. The normalized spacial score (nSPS) is 14.4. The zero-order chi connectivity index (χ0) is 18.2. The Morgan fingerprint density at radius 2 is 1.96 bits per heavy atom. The van der Waals surface area contributed by atoms with Gasteiger partial charge in [0.25, 0.3) is 0 Å². The third-order valence-corrected chi connectivity index (χ3v) is 5.40. The van der Waals surface area contributed by atoms with Crippen LogP contribution >= 0.6 is 0 Å². The number of rotatable bonds is 3. The fraction of sp³-hybridized carbons (Fsp3) is 0.217. The molecule has 0 amide bonds. The second-order valence-electron chi connectivity index (χ2n) is 7.35. The number of H-pyrrole nitrogens is 1. The van der Waals surface area contributed by atoms with Crippen molar-refractivity contribution in [2.45, 2.75) is 26.4 Å². The summed E-state index contributed by atoms with van der Waals surface area (Å²) in [7, 11) is 0. The van der Waals surface area contributed by atoms with E-state index in [0.717, 1.165) is 43.1 Å². The number of fused-ring (bicyclic) bond motifs is 2. The molecule has 0 saturated heterocycles. The standard InChI is InChI=1S/C23H22N4/c1-16-5-7-18(8-6-16)23-25-13-19-10-12-27(15-21(19)26-23)14-20-4-2-3-17-9-11-24-22(17)20/h2-9,11,13,24H,10,12,14-15H2,1H3. The van der Waals surface area contributed by atoms with Crippen LogP contribution < -0.4 is 0 Å². The predicted molar refractivity (Wildman–Crippen MR) is 108 cm³/mol. The van der Waals surface area contributed by atoms with Crippen LogP contribution in [0.5, 0.6) is 0 Å². The number of nitrogens with zero attached hydrogens (tertiary/aromatic N) is 3. The molecule has 0 unspecified atom stereocenters. The summed E-state index contributed by atoms with van der Waals surface area (Å²) >= 11 is 0. The van der Waals surface area contributed by atoms with Crippen molar-refractivity contribution >= 4 is 10.9 Å². The van der Waals surface area contributed by atoms with Gasteiger partial charge in [-0.2, -0.15) is 0 Å². The van der Waals surface area contributed by atoms with E-state index in [1.54, 1.807) is 0 Å². The van der Waals surface area contributed by atoms with Gasteiger partial charge in [0.1, 0.15) is 0 Å². The number of aryl methyl sites for hydroxylation is 1. The van der Waals surface area contributed by atoms with Gasteiger partial charge < -0.3 is 4.98 Å². The van der Waals surface area contributed by atoms with Crippen LogP contribution in [0.2, 0.25) is 0 Å². The van der Waals surface area contributed by atoms with Gasteiger partial charge in [0.05, 0.1) is 5.69 Å². The predicted octanol–water partition coefficient (Wildman–Crippen LogP) is 4.49. The molecule has 5 rings (SSSR count). The molecule has 2 aromatic heterocycles. The number of nitrogens with one attached hydrogen (secondary N) is 1. The first kappa shape index (κ1) is 16.2. The summed E-state index contributed by atoms with van der Waals surface area (Å²) < 4.78 is 0. The van der Waals surface area contributed by atoms with Crippen LogP contribution in [-0.4, -0.2) is 26.4 Å². The van der Waals surface area contributed by atoms with Gasteiger partial charge >= 0.3 is 0 Å². The van der Waals surface area contributed by atoms with Gasteiger partial charge in [-0.1, -0.05) is 48.0 Å². The maximum absolute atomic E-state index is 4.90. The Hall–Kier alpha value is -2.98. The molecule has 0 atom stereocenters. The van der Waals surface area contributed by atoms with Crippen molar-refractivity contribution < 1.29 is 0 Å². The Labute approximate surface area is 158 Å². The van der Waals surface area contributed by atoms with Crippen LogP contribution in [0.3, 0.4) is 0 Å². The summed E-state index contributed by atoms with van der Waals surface area (Å²) in [5, 5.41) is 1.27. The van der Waals surface area contributed by atoms with Crippen LogP contribution in [0.4, 0.5) is 0 Å². The van der Waals surface area contributed by atoms with Crippen molar-refractivity contribution in [1.29, 1.82) is 0 Å². The molecule has 4 aromatic rings. The Balaban J connectivity index is 1.41. The molecule has 4 heteroatoms. The lowest BCUT2D eigenvalue weighted by Crippen LogP contribution is -2.31. The zero-order valence-corrected chi connectivity index (χ0v) is 15.4. The highest BCUT2D eigenvalue weighted by Crippen LogP contribution is 2.24. The van der Waals surface area contributed by atoms with E-state index in [0.29, 0.717) is 0 Å². The maximum Gasteiger partial charge on any atom is 0.159 e. The van der Waals surface area contributed by atoms with Crippen molar-refractivity contribution in [3.8, 4) is 11.4 Å². The lowest BCUT2D eigenvalue weighted by Gasteiger charge is -2.28. The number of hydrogen-bond acceptors (Lipinski definition) is 3. The average molecular weight is 354 g/mol. The van der Waals surface area contributed by atoms with Gasteiger partial charge in [0, 0.05) is 43.1 Å². The summed E-state index contributed by atoms with van der Waals surface area (Å²) in [6.07, 6.45) is 5.03. The first-order valence-corrected chi connectivity index (χ1v) is 9.45. The lowest BCUT2D eigenvalue weighted by atomic mass is 10.0. The molecule has 134 valence electrons. The Kier molecular flexibility index (Phi) is 3.98. The van der Waals surface area contributed by atoms with Gasteiger partial charge in [-0.3, -0.25) is 4.90 Å². The highest BCUT2D eigenvalue weighted by atomic mass is 15.1. The largest absolute Gasteiger partial charge is 0.361 e. The van der Waals surface area contributed by atoms with Gasteiger partial charge in [-0.15, -0.1) is 0 Å². The first-order valence-electron chi connectivity index (χ1n) is 9.45. The summed E-state index contributed by atoms with van der Waals surface area (Å²) in [5.41, 5.74) is 7.35. The number of benzene rings is 2. The minimum atomic E-state index is 0.821. The van der Waals surface area contributed by atoms with Gasteiger partial charge in [-0.25, -0.2) is 9.97 Å². The molecular formula is C23H22N4. The van der Waals surface area contributed by atoms with Gasteiger partial charge in [0.15, 0.2) is 5.82 Å². The maximum atomic E-state index is 4.90. The van der Waals surface area contributed by atoms with E-state index in [2.05, 4.69) is 70.3 Å². The van der Waals surface area contributed by atoms with E-state index in [1.807, 2.05) is 12.4 Å². The van der Waals surface area contributed by atoms with Crippen LogP contribution in [0.25, 0.3) is 22.3 Å². The van der Waals surface area contributed by atoms with E-state index < -0.39 is 0 Å². The number of aromatic amines is 1. The monoisotopic (exact) mass is 354 g/mol. The molecular weight excluding hydrogens is 332 g/mol. The Bertz CT molecular complexity index is 1100. The van der Waals surface area contributed by atoms with Crippen molar-refractivity contribution in [2.75, 3.05) is 6.54 Å². The highest BCUT2D eigenvalue weighted by molar-refractivity contribution is 5.82. The second kappa shape index (κ2) is 6.63. The molecule has 27 heavy (non-hydrogen) atoms. The molecule has 0 saturated carbocycles. The van der Waals surface area contributed by atoms with Crippen LogP contribution in [0.1, 0.15) is 22.4 Å². The van der Waals surface area contributed by atoms with Crippen LogP contribution in [0.15, 0.2) is 60.9 Å². The summed E-state index contributed by atoms with van der Waals surface area (Å²) in [6, 6.07) is 17.1. The molecule has 0 fully saturated rings.